The van der Waals surface area contributed by atoms with Crippen LogP contribution in [0.25, 0.3) is 0 Å². The summed E-state index contributed by atoms with van der Waals surface area (Å²) in [7, 11) is 0. The van der Waals surface area contributed by atoms with Gasteiger partial charge < -0.3 is 15.5 Å². The van der Waals surface area contributed by atoms with Crippen LogP contribution in [-0.4, -0.2) is 29.4 Å². The van der Waals surface area contributed by atoms with E-state index in [9.17, 15) is 9.59 Å². The van der Waals surface area contributed by atoms with E-state index in [4.69, 9.17) is 0 Å². The van der Waals surface area contributed by atoms with Gasteiger partial charge in [-0.2, -0.15) is 0 Å². The van der Waals surface area contributed by atoms with Gasteiger partial charge in [-0.3, -0.25) is 4.79 Å². The van der Waals surface area contributed by atoms with E-state index in [-0.39, 0.29) is 18.0 Å². The van der Waals surface area contributed by atoms with E-state index in [1.165, 1.54) is 24.8 Å². The number of carbonyl (C=O) groups is 2. The summed E-state index contributed by atoms with van der Waals surface area (Å²) in [5, 5.41) is 6.04. The third-order valence-electron chi connectivity index (χ3n) is 5.72. The normalized spacial score (nSPS) is 16.9. The first-order valence-electron chi connectivity index (χ1n) is 10.2. The van der Waals surface area contributed by atoms with Crippen molar-refractivity contribution in [3.63, 3.8) is 0 Å². The number of carbonyl (C=O) groups excluding carboxylic acids is 2. The Morgan fingerprint density at radius 2 is 1.71 bits per heavy atom. The van der Waals surface area contributed by atoms with Gasteiger partial charge in [-0.1, -0.05) is 43.5 Å². The van der Waals surface area contributed by atoms with Crippen LogP contribution >= 0.6 is 0 Å². The summed E-state index contributed by atoms with van der Waals surface area (Å²) in [5.74, 6) is 0.0552. The van der Waals surface area contributed by atoms with Crippen molar-refractivity contribution < 1.29 is 9.59 Å². The first-order chi connectivity index (χ1) is 13.7. The van der Waals surface area contributed by atoms with Crippen molar-refractivity contribution in [1.29, 1.82) is 0 Å². The molecule has 2 aromatic carbocycles. The largest absolute Gasteiger partial charge is 0.335 e. The summed E-state index contributed by atoms with van der Waals surface area (Å²) in [6.07, 6.45) is 6.61. The number of benzene rings is 2. The molecule has 5 nitrogen and oxygen atoms in total. The zero-order valence-electron chi connectivity index (χ0n) is 16.1. The second kappa shape index (κ2) is 8.46. The molecule has 0 unspecified atom stereocenters. The Kier molecular flexibility index (Phi) is 5.60. The van der Waals surface area contributed by atoms with Gasteiger partial charge in [0.2, 0.25) is 0 Å². The molecule has 1 heterocycles. The zero-order valence-corrected chi connectivity index (χ0v) is 16.1. The van der Waals surface area contributed by atoms with Gasteiger partial charge in [-0.05, 0) is 54.7 Å². The van der Waals surface area contributed by atoms with Gasteiger partial charge in [-0.15, -0.1) is 0 Å². The summed E-state index contributed by atoms with van der Waals surface area (Å²) in [5.41, 5.74) is 3.84. The van der Waals surface area contributed by atoms with Crippen LogP contribution in [0.3, 0.4) is 0 Å². The SMILES string of the molecule is O=C(Nc1ccc2c(c1)CN(C(=O)c1ccccc1)CC2)NC1CCCCC1. The molecule has 1 aliphatic heterocycles. The van der Waals surface area contributed by atoms with Crippen molar-refractivity contribution in [3.05, 3.63) is 65.2 Å². The maximum atomic E-state index is 12.7. The second-order valence-electron chi connectivity index (χ2n) is 7.76. The minimum Gasteiger partial charge on any atom is -0.335 e. The molecule has 146 valence electrons. The Hall–Kier alpha value is -2.82. The van der Waals surface area contributed by atoms with E-state index in [1.54, 1.807) is 0 Å². The van der Waals surface area contributed by atoms with Crippen molar-refractivity contribution in [2.24, 2.45) is 0 Å². The molecule has 3 amide bonds. The fourth-order valence-corrected chi connectivity index (χ4v) is 4.17. The van der Waals surface area contributed by atoms with Crippen LogP contribution in [0.2, 0.25) is 0 Å². The summed E-state index contributed by atoms with van der Waals surface area (Å²) < 4.78 is 0. The minimum atomic E-state index is -0.139. The third-order valence-corrected chi connectivity index (χ3v) is 5.72. The van der Waals surface area contributed by atoms with Gasteiger partial charge in [0, 0.05) is 30.4 Å². The maximum Gasteiger partial charge on any atom is 0.319 e. The number of nitrogens with one attached hydrogen (secondary N) is 2. The second-order valence-corrected chi connectivity index (χ2v) is 7.76. The Labute approximate surface area is 166 Å². The lowest BCUT2D eigenvalue weighted by molar-refractivity contribution is 0.0734. The smallest absolute Gasteiger partial charge is 0.319 e. The van der Waals surface area contributed by atoms with Crippen molar-refractivity contribution >= 4 is 17.6 Å². The molecule has 0 bridgehead atoms. The Morgan fingerprint density at radius 1 is 0.929 bits per heavy atom. The Balaban J connectivity index is 1.40. The number of urea groups is 1. The third kappa shape index (κ3) is 4.35. The molecule has 1 fully saturated rings. The van der Waals surface area contributed by atoms with Gasteiger partial charge in [0.05, 0.1) is 0 Å². The summed E-state index contributed by atoms with van der Waals surface area (Å²) in [4.78, 5) is 26.9. The summed E-state index contributed by atoms with van der Waals surface area (Å²) in [6, 6.07) is 15.6. The number of nitrogens with zero attached hydrogens (tertiary/aromatic N) is 1. The predicted molar refractivity (Wildman–Crippen MR) is 110 cm³/mol. The molecule has 1 saturated carbocycles. The van der Waals surface area contributed by atoms with Crippen LogP contribution in [0.4, 0.5) is 10.5 Å². The van der Waals surface area contributed by atoms with Gasteiger partial charge in [0.25, 0.3) is 5.91 Å². The number of anilines is 1. The Morgan fingerprint density at radius 3 is 2.50 bits per heavy atom. The van der Waals surface area contributed by atoms with Crippen LogP contribution in [0.1, 0.15) is 53.6 Å². The predicted octanol–water partition coefficient (Wildman–Crippen LogP) is 4.34. The zero-order chi connectivity index (χ0) is 19.3. The standard InChI is InChI=1S/C23H27N3O2/c27-22(18-7-3-1-4-8-18)26-14-13-17-11-12-21(15-19(17)16-26)25-23(28)24-20-9-5-2-6-10-20/h1,3-4,7-8,11-12,15,20H,2,5-6,9-10,13-14,16H2,(H2,24,25,28). The number of rotatable bonds is 3. The molecule has 0 spiro atoms. The number of hydrogen-bond acceptors (Lipinski definition) is 2. The highest BCUT2D eigenvalue weighted by molar-refractivity contribution is 5.94. The average Bonchev–Trinajstić information content (AvgIpc) is 2.74. The van der Waals surface area contributed by atoms with Crippen LogP contribution < -0.4 is 10.6 Å². The molecule has 2 N–H and O–H groups in total. The van der Waals surface area contributed by atoms with Gasteiger partial charge in [0.15, 0.2) is 0 Å². The fraction of sp³-hybridized carbons (Fsp3) is 0.391. The van der Waals surface area contributed by atoms with Gasteiger partial charge in [0.1, 0.15) is 0 Å². The molecule has 0 radical (unpaired) electrons. The molecular formula is C23H27N3O2. The molecular weight excluding hydrogens is 350 g/mol. The van der Waals surface area contributed by atoms with Crippen LogP contribution in [0.15, 0.2) is 48.5 Å². The van der Waals surface area contributed by atoms with E-state index >= 15 is 0 Å². The molecule has 2 aromatic rings. The highest BCUT2D eigenvalue weighted by Gasteiger charge is 2.22. The highest BCUT2D eigenvalue weighted by atomic mass is 16.2. The highest BCUT2D eigenvalue weighted by Crippen LogP contribution is 2.24. The topological polar surface area (TPSA) is 61.4 Å². The van der Waals surface area contributed by atoms with Crippen LogP contribution in [0, 0.1) is 0 Å². The molecule has 4 rings (SSSR count). The summed E-state index contributed by atoms with van der Waals surface area (Å²) >= 11 is 0. The van der Waals surface area contributed by atoms with E-state index in [0.717, 1.165) is 37.1 Å². The van der Waals surface area contributed by atoms with Gasteiger partial charge in [-0.25, -0.2) is 4.79 Å². The van der Waals surface area contributed by atoms with Crippen molar-refractivity contribution in [3.8, 4) is 0 Å². The minimum absolute atomic E-state index is 0.0552. The van der Waals surface area contributed by atoms with E-state index < -0.39 is 0 Å². The van der Waals surface area contributed by atoms with E-state index in [1.807, 2.05) is 47.4 Å². The molecule has 5 heteroatoms. The Bertz CT molecular complexity index is 844. The molecule has 0 atom stereocenters. The van der Waals surface area contributed by atoms with Gasteiger partial charge >= 0.3 is 6.03 Å². The molecule has 0 aromatic heterocycles. The molecule has 28 heavy (non-hydrogen) atoms. The molecule has 1 aliphatic carbocycles. The first-order valence-corrected chi connectivity index (χ1v) is 10.2. The number of amides is 3. The monoisotopic (exact) mass is 377 g/mol. The van der Waals surface area contributed by atoms with Crippen LogP contribution in [-0.2, 0) is 13.0 Å². The molecule has 0 saturated heterocycles. The maximum absolute atomic E-state index is 12.7. The fourth-order valence-electron chi connectivity index (χ4n) is 4.17. The number of hydrogen-bond donors (Lipinski definition) is 2. The first kappa shape index (κ1) is 18.5. The lowest BCUT2D eigenvalue weighted by Crippen LogP contribution is -2.39. The number of fused-ring (bicyclic) bond motifs is 1. The van der Waals surface area contributed by atoms with E-state index in [0.29, 0.717) is 12.1 Å². The average molecular weight is 377 g/mol. The summed E-state index contributed by atoms with van der Waals surface area (Å²) in [6.45, 7) is 1.29. The van der Waals surface area contributed by atoms with Crippen molar-refractivity contribution in [2.75, 3.05) is 11.9 Å². The van der Waals surface area contributed by atoms with Crippen LogP contribution in [0.5, 0.6) is 0 Å². The lowest BCUT2D eigenvalue weighted by Gasteiger charge is -2.29. The quantitative estimate of drug-likeness (QED) is 0.836. The van der Waals surface area contributed by atoms with Crippen molar-refractivity contribution in [1.82, 2.24) is 10.2 Å². The lowest BCUT2D eigenvalue weighted by atomic mass is 9.96. The molecule has 2 aliphatic rings. The van der Waals surface area contributed by atoms with Crippen molar-refractivity contribution in [2.45, 2.75) is 51.1 Å². The van der Waals surface area contributed by atoms with E-state index in [2.05, 4.69) is 16.7 Å².